The van der Waals surface area contributed by atoms with Gasteiger partial charge in [0.15, 0.2) is 6.10 Å². The lowest BCUT2D eigenvalue weighted by Crippen LogP contribution is -2.30. The van der Waals surface area contributed by atoms with Crippen LogP contribution in [-0.2, 0) is 28.6 Å². The maximum atomic E-state index is 12.8. The van der Waals surface area contributed by atoms with Crippen molar-refractivity contribution in [1.82, 2.24) is 0 Å². The number of hydrogen-bond acceptors (Lipinski definition) is 6. The predicted octanol–water partition coefficient (Wildman–Crippen LogP) is 18.5. The lowest BCUT2D eigenvalue weighted by molar-refractivity contribution is -0.167. The van der Waals surface area contributed by atoms with Crippen molar-refractivity contribution in [1.29, 1.82) is 0 Å². The van der Waals surface area contributed by atoms with Crippen LogP contribution in [-0.4, -0.2) is 37.2 Å². The van der Waals surface area contributed by atoms with Gasteiger partial charge in [-0.3, -0.25) is 14.4 Å². The summed E-state index contributed by atoms with van der Waals surface area (Å²) in [5, 5.41) is 0. The number of carbonyl (C=O) groups is 3. The third-order valence-corrected chi connectivity index (χ3v) is 11.6. The molecule has 0 aliphatic rings. The van der Waals surface area contributed by atoms with Crippen LogP contribution in [0.4, 0.5) is 0 Å². The molecule has 382 valence electrons. The molecule has 6 heteroatoms. The highest BCUT2D eigenvalue weighted by Crippen LogP contribution is 2.15. The number of carbonyl (C=O) groups excluding carboxylic acids is 3. The topological polar surface area (TPSA) is 78.9 Å². The molecule has 0 rings (SSSR count). The Labute approximate surface area is 413 Å². The van der Waals surface area contributed by atoms with E-state index in [1.165, 1.54) is 89.9 Å². The minimum atomic E-state index is -0.807. The number of allylic oxidation sites excluding steroid dienone is 16. The molecule has 0 aromatic rings. The van der Waals surface area contributed by atoms with Gasteiger partial charge in [0.1, 0.15) is 13.2 Å². The summed E-state index contributed by atoms with van der Waals surface area (Å²) in [6, 6.07) is 0. The van der Waals surface area contributed by atoms with Crippen LogP contribution < -0.4 is 0 Å². The zero-order valence-corrected chi connectivity index (χ0v) is 43.6. The smallest absolute Gasteiger partial charge is 0.306 e. The standard InChI is InChI=1S/C61H102O6/c1-4-7-10-13-16-19-22-25-28-30-33-36-39-42-45-48-51-54-60(63)66-57-58(56-65-59(62)53-50-47-44-41-38-35-32-27-24-21-18-15-12-9-6-3)67-61(64)55-52-49-46-43-40-37-34-31-29-26-23-20-17-14-11-8-5-2/h7,9-10,12,16,18-19,21,25,27-28,32-33,36,42,45,58H,4-6,8,11,13-15,17,20,22-24,26,29-31,34-35,37-41,43-44,46-57H2,1-3H3/b10-7-,12-9-,19-16-,21-18-,28-25-,32-27-,36-33-,45-42-. The molecule has 0 aromatic carbocycles. The summed E-state index contributed by atoms with van der Waals surface area (Å²) < 4.78 is 16.8. The second-order valence-corrected chi connectivity index (χ2v) is 18.1. The minimum Gasteiger partial charge on any atom is -0.462 e. The number of rotatable bonds is 49. The molecule has 0 amide bonds. The summed E-state index contributed by atoms with van der Waals surface area (Å²) in [7, 11) is 0. The van der Waals surface area contributed by atoms with Crippen LogP contribution in [0.5, 0.6) is 0 Å². The van der Waals surface area contributed by atoms with Crippen LogP contribution in [0.3, 0.4) is 0 Å². The molecule has 67 heavy (non-hydrogen) atoms. The van der Waals surface area contributed by atoms with Crippen molar-refractivity contribution >= 4 is 17.9 Å². The first-order valence-corrected chi connectivity index (χ1v) is 27.7. The van der Waals surface area contributed by atoms with E-state index in [1.54, 1.807) is 0 Å². The molecule has 6 nitrogen and oxygen atoms in total. The van der Waals surface area contributed by atoms with Crippen LogP contribution >= 0.6 is 0 Å². The fraction of sp³-hybridized carbons (Fsp3) is 0.689. The fourth-order valence-corrected chi connectivity index (χ4v) is 7.49. The third-order valence-electron chi connectivity index (χ3n) is 11.6. The molecule has 0 radical (unpaired) electrons. The lowest BCUT2D eigenvalue weighted by Gasteiger charge is -2.18. The molecular formula is C61H102O6. The average molecular weight is 931 g/mol. The van der Waals surface area contributed by atoms with Gasteiger partial charge in [0.25, 0.3) is 0 Å². The highest BCUT2D eigenvalue weighted by atomic mass is 16.6. The van der Waals surface area contributed by atoms with Crippen LogP contribution in [0, 0.1) is 0 Å². The lowest BCUT2D eigenvalue weighted by atomic mass is 10.0. The Kier molecular flexibility index (Phi) is 51.9. The molecule has 0 aromatic heterocycles. The normalized spacial score (nSPS) is 12.8. The summed E-state index contributed by atoms with van der Waals surface area (Å²) >= 11 is 0. The number of ether oxygens (including phenoxy) is 3. The first-order valence-electron chi connectivity index (χ1n) is 27.7. The molecule has 0 aliphatic heterocycles. The molecule has 1 unspecified atom stereocenters. The Morgan fingerprint density at radius 3 is 0.970 bits per heavy atom. The van der Waals surface area contributed by atoms with Gasteiger partial charge in [-0.05, 0) is 89.9 Å². The van der Waals surface area contributed by atoms with Gasteiger partial charge in [-0.25, -0.2) is 0 Å². The Bertz CT molecular complexity index is 1350. The van der Waals surface area contributed by atoms with Gasteiger partial charge < -0.3 is 14.2 Å². The number of esters is 3. The van der Waals surface area contributed by atoms with Crippen molar-refractivity contribution in [3.05, 3.63) is 97.2 Å². The Morgan fingerprint density at radius 2 is 0.597 bits per heavy atom. The van der Waals surface area contributed by atoms with Gasteiger partial charge in [-0.15, -0.1) is 0 Å². The average Bonchev–Trinajstić information content (AvgIpc) is 3.33. The molecule has 0 N–H and O–H groups in total. The summed E-state index contributed by atoms with van der Waals surface area (Å²) in [6.45, 7) is 6.36. The molecule has 0 saturated heterocycles. The van der Waals surface area contributed by atoms with E-state index >= 15 is 0 Å². The van der Waals surface area contributed by atoms with E-state index < -0.39 is 6.10 Å². The van der Waals surface area contributed by atoms with Gasteiger partial charge >= 0.3 is 17.9 Å². The van der Waals surface area contributed by atoms with Crippen molar-refractivity contribution in [2.24, 2.45) is 0 Å². The second kappa shape index (κ2) is 54.9. The van der Waals surface area contributed by atoms with E-state index in [4.69, 9.17) is 14.2 Å². The van der Waals surface area contributed by atoms with Crippen molar-refractivity contribution < 1.29 is 28.6 Å². The van der Waals surface area contributed by atoms with Crippen LogP contribution in [0.15, 0.2) is 97.2 Å². The molecule has 0 bridgehead atoms. The fourth-order valence-electron chi connectivity index (χ4n) is 7.49. The van der Waals surface area contributed by atoms with Crippen molar-refractivity contribution in [2.75, 3.05) is 13.2 Å². The van der Waals surface area contributed by atoms with Crippen LogP contribution in [0.2, 0.25) is 0 Å². The minimum absolute atomic E-state index is 0.103. The molecular weight excluding hydrogens is 829 g/mol. The largest absolute Gasteiger partial charge is 0.462 e. The second-order valence-electron chi connectivity index (χ2n) is 18.1. The molecule has 0 aliphatic carbocycles. The molecule has 0 spiro atoms. The quantitative estimate of drug-likeness (QED) is 0.0262. The summed E-state index contributed by atoms with van der Waals surface area (Å²) in [6.07, 6.45) is 72.6. The van der Waals surface area contributed by atoms with Crippen LogP contribution in [0.1, 0.15) is 252 Å². The third kappa shape index (κ3) is 53.2. The zero-order chi connectivity index (χ0) is 48.6. The van der Waals surface area contributed by atoms with E-state index in [0.29, 0.717) is 19.3 Å². The van der Waals surface area contributed by atoms with Gasteiger partial charge in [0.05, 0.1) is 0 Å². The maximum absolute atomic E-state index is 12.8. The van der Waals surface area contributed by atoms with Gasteiger partial charge in [-0.2, -0.15) is 0 Å². The number of hydrogen-bond donors (Lipinski definition) is 0. The van der Waals surface area contributed by atoms with Crippen LogP contribution in [0.25, 0.3) is 0 Å². The summed E-state index contributed by atoms with van der Waals surface area (Å²) in [5.41, 5.74) is 0. The molecule has 0 heterocycles. The first-order chi connectivity index (χ1) is 33.0. The molecule has 1 atom stereocenters. The van der Waals surface area contributed by atoms with E-state index in [9.17, 15) is 14.4 Å². The van der Waals surface area contributed by atoms with E-state index in [2.05, 4.69) is 118 Å². The molecule has 0 saturated carbocycles. The SMILES string of the molecule is CC/C=C\C/C=C\C/C=C\C/C=C\C/C=C\CCCC(=O)OCC(COC(=O)CCCCCCC/C=C\C/C=C\C/C=C\CC)OC(=O)CCCCCCCCCCCCCCCCCCC. The first kappa shape index (κ1) is 63.3. The number of unbranched alkanes of at least 4 members (excludes halogenated alkanes) is 22. The Balaban J connectivity index is 4.49. The van der Waals surface area contributed by atoms with Crippen molar-refractivity contribution in [3.63, 3.8) is 0 Å². The van der Waals surface area contributed by atoms with Gasteiger partial charge in [0.2, 0.25) is 0 Å². The highest BCUT2D eigenvalue weighted by Gasteiger charge is 2.19. The monoisotopic (exact) mass is 931 g/mol. The predicted molar refractivity (Wildman–Crippen MR) is 288 cm³/mol. The van der Waals surface area contributed by atoms with E-state index in [1.807, 2.05) is 0 Å². The Hall–Kier alpha value is -3.67. The van der Waals surface area contributed by atoms with Crippen molar-refractivity contribution in [3.8, 4) is 0 Å². The zero-order valence-electron chi connectivity index (χ0n) is 43.6. The van der Waals surface area contributed by atoms with Crippen molar-refractivity contribution in [2.45, 2.75) is 258 Å². The Morgan fingerprint density at radius 1 is 0.313 bits per heavy atom. The van der Waals surface area contributed by atoms with E-state index in [0.717, 1.165) is 116 Å². The van der Waals surface area contributed by atoms with Gasteiger partial charge in [0, 0.05) is 19.3 Å². The highest BCUT2D eigenvalue weighted by molar-refractivity contribution is 5.71. The summed E-state index contributed by atoms with van der Waals surface area (Å²) in [4.78, 5) is 38.1. The summed E-state index contributed by atoms with van der Waals surface area (Å²) in [5.74, 6) is -0.975. The van der Waals surface area contributed by atoms with E-state index in [-0.39, 0.29) is 37.5 Å². The van der Waals surface area contributed by atoms with Gasteiger partial charge in [-0.1, -0.05) is 240 Å². The maximum Gasteiger partial charge on any atom is 0.306 e. The molecule has 0 fully saturated rings.